The lowest BCUT2D eigenvalue weighted by Crippen LogP contribution is -2.41. The molecule has 1 saturated heterocycles. The van der Waals surface area contributed by atoms with E-state index in [4.69, 9.17) is 14.0 Å². The minimum atomic E-state index is -0.267. The fraction of sp³-hybridized carbons (Fsp3) is 0.950. The normalized spacial score (nSPS) is 21.2. The van der Waals surface area contributed by atoms with E-state index in [9.17, 15) is 4.79 Å². The number of esters is 1. The molecule has 0 amide bonds. The molecule has 0 aliphatic carbocycles. The third-order valence-electron chi connectivity index (χ3n) is 6.03. The maximum Gasteiger partial charge on any atom is 0.457 e. The Kier molecular flexibility index (Phi) is 8.96. The van der Waals surface area contributed by atoms with Gasteiger partial charge in [0.2, 0.25) is 0 Å². The molecule has 25 heavy (non-hydrogen) atoms. The molecule has 0 bridgehead atoms. The van der Waals surface area contributed by atoms with Gasteiger partial charge in [0, 0.05) is 0 Å². The average molecular weight is 354 g/mol. The van der Waals surface area contributed by atoms with Gasteiger partial charge < -0.3 is 14.0 Å². The summed E-state index contributed by atoms with van der Waals surface area (Å²) in [6.45, 7) is 12.6. The minimum absolute atomic E-state index is 0.0371. The second-order valence-electron chi connectivity index (χ2n) is 8.54. The average Bonchev–Trinajstić information content (AvgIpc) is 2.75. The van der Waals surface area contributed by atoms with Crippen LogP contribution in [0.3, 0.4) is 0 Å². The molecular weight excluding hydrogens is 315 g/mol. The molecule has 146 valence electrons. The fourth-order valence-corrected chi connectivity index (χ4v) is 3.49. The van der Waals surface area contributed by atoms with Crippen LogP contribution >= 0.6 is 0 Å². The van der Waals surface area contributed by atoms with Gasteiger partial charge in [-0.15, -0.1) is 0 Å². The Balaban J connectivity index is 2.47. The monoisotopic (exact) mass is 354 g/mol. The van der Waals surface area contributed by atoms with Gasteiger partial charge in [-0.3, -0.25) is 4.79 Å². The van der Waals surface area contributed by atoms with Crippen molar-refractivity contribution in [2.45, 2.75) is 104 Å². The zero-order valence-corrected chi connectivity index (χ0v) is 17.5. The highest BCUT2D eigenvalue weighted by Crippen LogP contribution is 2.38. The van der Waals surface area contributed by atoms with Crippen molar-refractivity contribution in [2.75, 3.05) is 7.11 Å². The topological polar surface area (TPSA) is 44.8 Å². The summed E-state index contributed by atoms with van der Waals surface area (Å²) in [5.41, 5.74) is -0.535. The SMILES string of the molecule is CCCCCCC(CCCB1OC(C)(C)C(C)(C)O1)C(C)C(=O)OC. The number of methoxy groups -OCH3 is 1. The van der Waals surface area contributed by atoms with Crippen LogP contribution < -0.4 is 0 Å². The van der Waals surface area contributed by atoms with Gasteiger partial charge in [0.25, 0.3) is 0 Å². The van der Waals surface area contributed by atoms with Crippen LogP contribution in [0.2, 0.25) is 6.32 Å². The Labute approximate surface area is 155 Å². The van der Waals surface area contributed by atoms with Crippen LogP contribution in [0.1, 0.15) is 86.5 Å². The van der Waals surface area contributed by atoms with E-state index in [0.717, 1.165) is 25.6 Å². The number of carbonyl (C=O) groups excluding carboxylic acids is 1. The molecule has 1 aliphatic rings. The molecule has 0 aromatic rings. The molecule has 1 aliphatic heterocycles. The summed E-state index contributed by atoms with van der Waals surface area (Å²) in [4.78, 5) is 12.0. The first-order valence-electron chi connectivity index (χ1n) is 10.1. The summed E-state index contributed by atoms with van der Waals surface area (Å²) in [5.74, 6) is 0.257. The van der Waals surface area contributed by atoms with Gasteiger partial charge in [0.05, 0.1) is 24.2 Å². The lowest BCUT2D eigenvalue weighted by Gasteiger charge is -2.32. The maximum atomic E-state index is 12.0. The molecule has 1 fully saturated rings. The van der Waals surface area contributed by atoms with Gasteiger partial charge >= 0.3 is 13.1 Å². The molecule has 0 N–H and O–H groups in total. The van der Waals surface area contributed by atoms with E-state index in [1.165, 1.54) is 32.8 Å². The molecule has 5 heteroatoms. The first kappa shape index (κ1) is 22.5. The maximum absolute atomic E-state index is 12.0. The van der Waals surface area contributed by atoms with E-state index in [-0.39, 0.29) is 30.2 Å². The van der Waals surface area contributed by atoms with Gasteiger partial charge in [-0.1, -0.05) is 52.4 Å². The number of hydrogen-bond donors (Lipinski definition) is 0. The van der Waals surface area contributed by atoms with E-state index in [1.807, 2.05) is 6.92 Å². The molecular formula is C20H39BO4. The van der Waals surface area contributed by atoms with Gasteiger partial charge in [0.1, 0.15) is 0 Å². The van der Waals surface area contributed by atoms with Crippen LogP contribution in [0.25, 0.3) is 0 Å². The smallest absolute Gasteiger partial charge is 0.457 e. The Morgan fingerprint density at radius 1 is 1.00 bits per heavy atom. The van der Waals surface area contributed by atoms with E-state index in [2.05, 4.69) is 34.6 Å². The van der Waals surface area contributed by atoms with Crippen molar-refractivity contribution < 1.29 is 18.8 Å². The lowest BCUT2D eigenvalue weighted by molar-refractivity contribution is -0.146. The Hall–Kier alpha value is -0.545. The Morgan fingerprint density at radius 3 is 2.08 bits per heavy atom. The van der Waals surface area contributed by atoms with Crippen LogP contribution in [0.5, 0.6) is 0 Å². The van der Waals surface area contributed by atoms with Gasteiger partial charge in [0.15, 0.2) is 0 Å². The highest BCUT2D eigenvalue weighted by atomic mass is 16.7. The summed E-state index contributed by atoms with van der Waals surface area (Å²) in [5, 5.41) is 0. The fourth-order valence-electron chi connectivity index (χ4n) is 3.49. The summed E-state index contributed by atoms with van der Waals surface area (Å²) in [6, 6.07) is 0. The minimum Gasteiger partial charge on any atom is -0.469 e. The van der Waals surface area contributed by atoms with Crippen LogP contribution in [0, 0.1) is 11.8 Å². The van der Waals surface area contributed by atoms with Crippen molar-refractivity contribution in [1.82, 2.24) is 0 Å². The van der Waals surface area contributed by atoms with E-state index < -0.39 is 0 Å². The van der Waals surface area contributed by atoms with Crippen molar-refractivity contribution in [3.8, 4) is 0 Å². The summed E-state index contributed by atoms with van der Waals surface area (Å²) < 4.78 is 17.1. The standard InChI is InChI=1S/C20H39BO4/c1-8-9-10-11-13-17(16(2)18(22)23-7)14-12-15-21-24-19(3,4)20(5,6)25-21/h16-17H,8-15H2,1-7H3. The first-order chi connectivity index (χ1) is 11.6. The molecule has 4 nitrogen and oxygen atoms in total. The third-order valence-corrected chi connectivity index (χ3v) is 6.03. The van der Waals surface area contributed by atoms with E-state index in [1.54, 1.807) is 0 Å². The van der Waals surface area contributed by atoms with Crippen molar-refractivity contribution in [2.24, 2.45) is 11.8 Å². The Morgan fingerprint density at radius 2 is 1.56 bits per heavy atom. The van der Waals surface area contributed by atoms with Crippen LogP contribution in [-0.2, 0) is 18.8 Å². The van der Waals surface area contributed by atoms with Crippen LogP contribution in [0.4, 0.5) is 0 Å². The molecule has 2 atom stereocenters. The number of carbonyl (C=O) groups is 1. The highest BCUT2D eigenvalue weighted by Gasteiger charge is 2.50. The lowest BCUT2D eigenvalue weighted by atomic mass is 9.78. The molecule has 1 rings (SSSR count). The second-order valence-corrected chi connectivity index (χ2v) is 8.54. The zero-order chi connectivity index (χ0) is 19.1. The van der Waals surface area contributed by atoms with E-state index in [0.29, 0.717) is 5.92 Å². The van der Waals surface area contributed by atoms with Gasteiger partial charge in [-0.05, 0) is 46.4 Å². The quantitative estimate of drug-likeness (QED) is 0.289. The summed E-state index contributed by atoms with van der Waals surface area (Å²) in [7, 11) is 1.34. The van der Waals surface area contributed by atoms with Crippen LogP contribution in [-0.4, -0.2) is 31.4 Å². The largest absolute Gasteiger partial charge is 0.469 e. The highest BCUT2D eigenvalue weighted by molar-refractivity contribution is 6.45. The third kappa shape index (κ3) is 6.60. The van der Waals surface area contributed by atoms with Crippen molar-refractivity contribution in [3.63, 3.8) is 0 Å². The second kappa shape index (κ2) is 9.96. The molecule has 0 radical (unpaired) electrons. The predicted octanol–water partition coefficient (Wildman–Crippen LogP) is 5.25. The van der Waals surface area contributed by atoms with Crippen LogP contribution in [0.15, 0.2) is 0 Å². The van der Waals surface area contributed by atoms with Crippen molar-refractivity contribution in [1.29, 1.82) is 0 Å². The molecule has 0 spiro atoms. The number of rotatable bonds is 11. The molecule has 1 heterocycles. The number of ether oxygens (including phenoxy) is 1. The molecule has 2 unspecified atom stereocenters. The first-order valence-corrected chi connectivity index (χ1v) is 10.1. The molecule has 0 aromatic heterocycles. The van der Waals surface area contributed by atoms with Gasteiger partial charge in [-0.2, -0.15) is 0 Å². The predicted molar refractivity (Wildman–Crippen MR) is 104 cm³/mol. The van der Waals surface area contributed by atoms with E-state index >= 15 is 0 Å². The Bertz CT molecular complexity index is 393. The summed E-state index contributed by atoms with van der Waals surface area (Å²) >= 11 is 0. The molecule has 0 saturated carbocycles. The molecule has 0 aromatic carbocycles. The zero-order valence-electron chi connectivity index (χ0n) is 17.5. The van der Waals surface area contributed by atoms with Gasteiger partial charge in [-0.25, -0.2) is 0 Å². The summed E-state index contributed by atoms with van der Waals surface area (Å²) in [6.07, 6.45) is 8.95. The van der Waals surface area contributed by atoms with Crippen molar-refractivity contribution in [3.05, 3.63) is 0 Å². The number of hydrogen-bond acceptors (Lipinski definition) is 4. The number of unbranched alkanes of at least 4 members (excludes halogenated alkanes) is 3. The van der Waals surface area contributed by atoms with Crippen molar-refractivity contribution >= 4 is 13.1 Å².